The molecular formula is C17H11N3O3. The summed E-state index contributed by atoms with van der Waals surface area (Å²) in [5, 5.41) is 8.86. The molecule has 23 heavy (non-hydrogen) atoms. The zero-order chi connectivity index (χ0) is 16.4. The fourth-order valence-corrected chi connectivity index (χ4v) is 2.40. The number of imidazole rings is 1. The molecule has 6 nitrogen and oxygen atoms in total. The number of benzene rings is 1. The summed E-state index contributed by atoms with van der Waals surface area (Å²) in [7, 11) is 1.28. The second kappa shape index (κ2) is 5.73. The highest BCUT2D eigenvalue weighted by molar-refractivity contribution is 5.92. The van der Waals surface area contributed by atoms with Gasteiger partial charge in [-0.3, -0.25) is 9.20 Å². The standard InChI is InChI=1S/C17H11N3O3/c1-23-17(22)13-3-2-4-15-19-16(14(10-21)20(13)15)12-7-5-11(9-18)6-8-12/h2-8,10H,1H3. The van der Waals surface area contributed by atoms with Gasteiger partial charge in [0.25, 0.3) is 0 Å². The van der Waals surface area contributed by atoms with E-state index < -0.39 is 5.97 Å². The van der Waals surface area contributed by atoms with Crippen molar-refractivity contribution >= 4 is 17.9 Å². The van der Waals surface area contributed by atoms with Crippen LogP contribution >= 0.6 is 0 Å². The van der Waals surface area contributed by atoms with Crippen molar-refractivity contribution in [3.05, 3.63) is 59.4 Å². The summed E-state index contributed by atoms with van der Waals surface area (Å²) < 4.78 is 6.21. The molecule has 0 aliphatic heterocycles. The van der Waals surface area contributed by atoms with Crippen LogP contribution in [0.5, 0.6) is 0 Å². The molecule has 0 amide bonds. The second-order valence-electron chi connectivity index (χ2n) is 4.75. The summed E-state index contributed by atoms with van der Waals surface area (Å²) >= 11 is 0. The molecule has 0 saturated carbocycles. The molecule has 0 spiro atoms. The van der Waals surface area contributed by atoms with Gasteiger partial charge in [0.1, 0.15) is 22.7 Å². The van der Waals surface area contributed by atoms with Crippen LogP contribution in [-0.4, -0.2) is 28.7 Å². The summed E-state index contributed by atoms with van der Waals surface area (Å²) in [6.45, 7) is 0. The van der Waals surface area contributed by atoms with Crippen molar-refractivity contribution in [2.24, 2.45) is 0 Å². The summed E-state index contributed by atoms with van der Waals surface area (Å²) in [6.07, 6.45) is 0.653. The second-order valence-corrected chi connectivity index (χ2v) is 4.75. The van der Waals surface area contributed by atoms with Gasteiger partial charge >= 0.3 is 5.97 Å². The monoisotopic (exact) mass is 305 g/mol. The van der Waals surface area contributed by atoms with E-state index in [1.165, 1.54) is 11.5 Å². The van der Waals surface area contributed by atoms with Gasteiger partial charge in [-0.2, -0.15) is 5.26 Å². The number of hydrogen-bond acceptors (Lipinski definition) is 5. The van der Waals surface area contributed by atoms with Crippen LogP contribution in [0.3, 0.4) is 0 Å². The first-order valence-corrected chi connectivity index (χ1v) is 6.75. The van der Waals surface area contributed by atoms with Gasteiger partial charge in [-0.25, -0.2) is 9.78 Å². The number of carbonyl (C=O) groups is 2. The Hall–Kier alpha value is -3.46. The fraction of sp³-hybridized carbons (Fsp3) is 0.0588. The number of methoxy groups -OCH3 is 1. The lowest BCUT2D eigenvalue weighted by atomic mass is 10.1. The lowest BCUT2D eigenvalue weighted by Crippen LogP contribution is -2.09. The Labute approximate surface area is 131 Å². The number of nitrogens with zero attached hydrogens (tertiary/aromatic N) is 3. The maximum absolute atomic E-state index is 11.9. The Morgan fingerprint density at radius 2 is 2.00 bits per heavy atom. The molecule has 0 saturated heterocycles. The Balaban J connectivity index is 2.28. The molecule has 0 bridgehead atoms. The van der Waals surface area contributed by atoms with E-state index in [9.17, 15) is 9.59 Å². The van der Waals surface area contributed by atoms with E-state index in [0.717, 1.165) is 0 Å². The largest absolute Gasteiger partial charge is 0.464 e. The Kier molecular flexibility index (Phi) is 3.61. The lowest BCUT2D eigenvalue weighted by molar-refractivity contribution is 0.0592. The Morgan fingerprint density at radius 3 is 2.61 bits per heavy atom. The summed E-state index contributed by atoms with van der Waals surface area (Å²) in [6, 6.07) is 13.7. The van der Waals surface area contributed by atoms with Crippen LogP contribution < -0.4 is 0 Å². The minimum atomic E-state index is -0.553. The third kappa shape index (κ3) is 2.34. The average molecular weight is 305 g/mol. The number of rotatable bonds is 3. The molecule has 2 heterocycles. The van der Waals surface area contributed by atoms with E-state index in [1.807, 2.05) is 6.07 Å². The Bertz CT molecular complexity index is 950. The van der Waals surface area contributed by atoms with Crippen molar-refractivity contribution in [3.8, 4) is 17.3 Å². The lowest BCUT2D eigenvalue weighted by Gasteiger charge is -2.04. The van der Waals surface area contributed by atoms with Gasteiger partial charge in [0.2, 0.25) is 0 Å². The SMILES string of the molecule is COC(=O)c1cccc2nc(-c3ccc(C#N)cc3)c(C=O)n12. The molecule has 0 aliphatic carbocycles. The van der Waals surface area contributed by atoms with Gasteiger partial charge in [0, 0.05) is 5.56 Å². The van der Waals surface area contributed by atoms with Crippen LogP contribution in [0.15, 0.2) is 42.5 Å². The summed E-state index contributed by atoms with van der Waals surface area (Å²) in [5.74, 6) is -0.553. The smallest absolute Gasteiger partial charge is 0.355 e. The Morgan fingerprint density at radius 1 is 1.26 bits per heavy atom. The molecule has 0 atom stereocenters. The first-order chi connectivity index (χ1) is 11.2. The van der Waals surface area contributed by atoms with Crippen molar-refractivity contribution in [1.82, 2.24) is 9.38 Å². The minimum absolute atomic E-state index is 0.222. The number of nitriles is 1. The van der Waals surface area contributed by atoms with Crippen LogP contribution in [0.1, 0.15) is 26.5 Å². The van der Waals surface area contributed by atoms with Crippen LogP contribution in [0.4, 0.5) is 0 Å². The van der Waals surface area contributed by atoms with Crippen LogP contribution in [-0.2, 0) is 4.74 Å². The number of carbonyl (C=O) groups excluding carboxylic acids is 2. The topological polar surface area (TPSA) is 84.5 Å². The first kappa shape index (κ1) is 14.5. The highest BCUT2D eigenvalue weighted by atomic mass is 16.5. The van der Waals surface area contributed by atoms with Crippen LogP contribution in [0, 0.1) is 11.3 Å². The van der Waals surface area contributed by atoms with Crippen molar-refractivity contribution < 1.29 is 14.3 Å². The molecule has 2 aromatic heterocycles. The molecule has 1 aromatic carbocycles. The minimum Gasteiger partial charge on any atom is -0.464 e. The normalized spacial score (nSPS) is 10.3. The van der Waals surface area contributed by atoms with Crippen molar-refractivity contribution in [2.45, 2.75) is 0 Å². The van der Waals surface area contributed by atoms with E-state index in [-0.39, 0.29) is 11.4 Å². The number of esters is 1. The van der Waals surface area contributed by atoms with Crippen molar-refractivity contribution in [2.75, 3.05) is 7.11 Å². The van der Waals surface area contributed by atoms with Crippen molar-refractivity contribution in [1.29, 1.82) is 5.26 Å². The van der Waals surface area contributed by atoms with Crippen molar-refractivity contribution in [3.63, 3.8) is 0 Å². The molecule has 3 aromatic rings. The average Bonchev–Trinajstić information content (AvgIpc) is 2.99. The van der Waals surface area contributed by atoms with Crippen LogP contribution in [0.2, 0.25) is 0 Å². The molecule has 3 rings (SSSR count). The molecular weight excluding hydrogens is 294 g/mol. The maximum Gasteiger partial charge on any atom is 0.355 e. The number of fused-ring (bicyclic) bond motifs is 1. The number of aromatic nitrogens is 2. The van der Waals surface area contributed by atoms with Gasteiger partial charge in [0.15, 0.2) is 6.29 Å². The zero-order valence-electron chi connectivity index (χ0n) is 12.2. The summed E-state index contributed by atoms with van der Waals surface area (Å²) in [5.41, 5.74) is 2.59. The number of pyridine rings is 1. The molecule has 0 fully saturated rings. The highest BCUT2D eigenvalue weighted by Gasteiger charge is 2.19. The maximum atomic E-state index is 11.9. The molecule has 6 heteroatoms. The van der Waals surface area contributed by atoms with Gasteiger partial charge in [-0.15, -0.1) is 0 Å². The zero-order valence-corrected chi connectivity index (χ0v) is 12.2. The molecule has 0 radical (unpaired) electrons. The molecule has 112 valence electrons. The van der Waals surface area contributed by atoms with E-state index in [4.69, 9.17) is 10.00 Å². The van der Waals surface area contributed by atoms with Gasteiger partial charge in [-0.1, -0.05) is 18.2 Å². The van der Waals surface area contributed by atoms with Gasteiger partial charge in [-0.05, 0) is 24.3 Å². The highest BCUT2D eigenvalue weighted by Crippen LogP contribution is 2.25. The third-order valence-corrected chi connectivity index (χ3v) is 3.47. The quantitative estimate of drug-likeness (QED) is 0.548. The number of hydrogen-bond donors (Lipinski definition) is 0. The van der Waals surface area contributed by atoms with E-state index >= 15 is 0 Å². The van der Waals surface area contributed by atoms with E-state index in [2.05, 4.69) is 4.98 Å². The van der Waals surface area contributed by atoms with E-state index in [0.29, 0.717) is 28.8 Å². The molecule has 0 unspecified atom stereocenters. The third-order valence-electron chi connectivity index (χ3n) is 3.47. The van der Waals surface area contributed by atoms with Gasteiger partial charge < -0.3 is 4.74 Å². The predicted octanol–water partition coefficient (Wildman–Crippen LogP) is 2.47. The summed E-state index contributed by atoms with van der Waals surface area (Å²) in [4.78, 5) is 27.9. The van der Waals surface area contributed by atoms with E-state index in [1.54, 1.807) is 42.5 Å². The molecule has 0 N–H and O–H groups in total. The molecule has 0 aliphatic rings. The van der Waals surface area contributed by atoms with Gasteiger partial charge in [0.05, 0.1) is 18.7 Å². The number of ether oxygens (including phenoxy) is 1. The predicted molar refractivity (Wildman–Crippen MR) is 82.1 cm³/mol. The fourth-order valence-electron chi connectivity index (χ4n) is 2.40. The number of aldehydes is 1. The van der Waals surface area contributed by atoms with Crippen LogP contribution in [0.25, 0.3) is 16.9 Å². The first-order valence-electron chi connectivity index (χ1n) is 6.75.